The van der Waals surface area contributed by atoms with E-state index in [2.05, 4.69) is 15.6 Å². The van der Waals surface area contributed by atoms with Crippen LogP contribution < -0.4 is 20.9 Å². The molecular formula is C24H20Cl2N4O4S. The molecule has 4 aromatic rings. The van der Waals surface area contributed by atoms with Crippen LogP contribution in [0.2, 0.25) is 10.0 Å². The number of anilines is 2. The van der Waals surface area contributed by atoms with E-state index in [0.717, 1.165) is 22.2 Å². The number of rotatable bonds is 7. The van der Waals surface area contributed by atoms with E-state index in [4.69, 9.17) is 27.9 Å². The van der Waals surface area contributed by atoms with Crippen molar-refractivity contribution in [2.45, 2.75) is 19.8 Å². The van der Waals surface area contributed by atoms with Crippen LogP contribution in [-0.2, 0) is 6.42 Å². The van der Waals surface area contributed by atoms with Crippen LogP contribution in [0.25, 0.3) is 4.96 Å². The number of nitrogens with zero attached hydrogens (tertiary/aromatic N) is 2. The number of ether oxygens (including phenoxy) is 1. The number of aryl methyl sites for hydroxylation is 1. The summed E-state index contributed by atoms with van der Waals surface area (Å²) in [4.78, 5) is 44.5. The lowest BCUT2D eigenvalue weighted by Gasteiger charge is -2.11. The third-order valence-corrected chi connectivity index (χ3v) is 6.45. The number of methoxy groups -OCH3 is 1. The Morgan fingerprint density at radius 1 is 1.06 bits per heavy atom. The second-order valence-corrected chi connectivity index (χ2v) is 9.35. The Bertz CT molecular complexity index is 1480. The van der Waals surface area contributed by atoms with Crippen molar-refractivity contribution in [1.82, 2.24) is 9.38 Å². The SMILES string of the molecule is CCCc1cc(=O)n2c(C(=O)Nc3ccccc3OC)c(C(=O)Nc3cc(Cl)cc(Cl)c3)sc2n1. The number of thiazole rings is 1. The Kier molecular flexibility index (Phi) is 7.39. The number of carbonyl (C=O) groups is 2. The van der Waals surface area contributed by atoms with Crippen molar-refractivity contribution in [2.24, 2.45) is 0 Å². The van der Waals surface area contributed by atoms with Gasteiger partial charge in [-0.2, -0.15) is 0 Å². The molecule has 0 aliphatic carbocycles. The van der Waals surface area contributed by atoms with Gasteiger partial charge in [0, 0.05) is 27.5 Å². The van der Waals surface area contributed by atoms with E-state index in [-0.39, 0.29) is 15.5 Å². The maximum Gasteiger partial charge on any atom is 0.274 e. The van der Waals surface area contributed by atoms with Crippen molar-refractivity contribution >= 4 is 62.7 Å². The van der Waals surface area contributed by atoms with Crippen molar-refractivity contribution in [3.8, 4) is 5.75 Å². The number of aromatic nitrogens is 2. The summed E-state index contributed by atoms with van der Waals surface area (Å²) in [5.74, 6) is -0.849. The normalized spacial score (nSPS) is 10.9. The number of halogens is 2. The highest BCUT2D eigenvalue weighted by molar-refractivity contribution is 7.19. The van der Waals surface area contributed by atoms with Crippen molar-refractivity contribution in [2.75, 3.05) is 17.7 Å². The lowest BCUT2D eigenvalue weighted by atomic mass is 10.2. The smallest absolute Gasteiger partial charge is 0.274 e. The first-order valence-corrected chi connectivity index (χ1v) is 12.1. The van der Waals surface area contributed by atoms with Crippen LogP contribution >= 0.6 is 34.5 Å². The van der Waals surface area contributed by atoms with E-state index in [1.807, 2.05) is 6.92 Å². The van der Waals surface area contributed by atoms with Gasteiger partial charge in [-0.25, -0.2) is 9.38 Å². The molecule has 0 bridgehead atoms. The number of hydrogen-bond donors (Lipinski definition) is 2. The first kappa shape index (κ1) is 24.7. The molecule has 2 aromatic carbocycles. The zero-order valence-electron chi connectivity index (χ0n) is 18.7. The van der Waals surface area contributed by atoms with Gasteiger partial charge in [0.1, 0.15) is 16.3 Å². The monoisotopic (exact) mass is 530 g/mol. The molecule has 4 rings (SSSR count). The first-order valence-electron chi connectivity index (χ1n) is 10.6. The van der Waals surface area contributed by atoms with Gasteiger partial charge in [0.2, 0.25) is 0 Å². The average molecular weight is 531 g/mol. The average Bonchev–Trinajstić information content (AvgIpc) is 3.19. The number of nitrogens with one attached hydrogen (secondary N) is 2. The summed E-state index contributed by atoms with van der Waals surface area (Å²) in [6, 6.07) is 12.8. The molecule has 11 heteroatoms. The minimum atomic E-state index is -0.665. The van der Waals surface area contributed by atoms with Crippen molar-refractivity contribution in [3.63, 3.8) is 0 Å². The van der Waals surface area contributed by atoms with E-state index >= 15 is 0 Å². The molecule has 0 aliphatic rings. The molecule has 2 heterocycles. The minimum Gasteiger partial charge on any atom is -0.495 e. The second-order valence-electron chi connectivity index (χ2n) is 7.50. The molecule has 35 heavy (non-hydrogen) atoms. The quantitative estimate of drug-likeness (QED) is 0.327. The van der Waals surface area contributed by atoms with Gasteiger partial charge in [-0.15, -0.1) is 0 Å². The third kappa shape index (κ3) is 5.32. The van der Waals surface area contributed by atoms with E-state index in [9.17, 15) is 14.4 Å². The lowest BCUT2D eigenvalue weighted by molar-refractivity contribution is 0.0989. The minimum absolute atomic E-state index is 0.00624. The van der Waals surface area contributed by atoms with Crippen LogP contribution in [-0.4, -0.2) is 28.3 Å². The molecule has 2 aromatic heterocycles. The van der Waals surface area contributed by atoms with Gasteiger partial charge in [-0.05, 0) is 36.8 Å². The molecule has 8 nitrogen and oxygen atoms in total. The zero-order chi connectivity index (χ0) is 25.1. The summed E-state index contributed by atoms with van der Waals surface area (Å²) < 4.78 is 6.45. The number of fused-ring (bicyclic) bond motifs is 1. The van der Waals surface area contributed by atoms with Gasteiger partial charge < -0.3 is 15.4 Å². The second kappa shape index (κ2) is 10.5. The lowest BCUT2D eigenvalue weighted by Crippen LogP contribution is -2.25. The molecule has 0 radical (unpaired) electrons. The first-order chi connectivity index (χ1) is 16.8. The van der Waals surface area contributed by atoms with Crippen molar-refractivity contribution in [1.29, 1.82) is 0 Å². The molecule has 180 valence electrons. The summed E-state index contributed by atoms with van der Waals surface area (Å²) >= 11 is 13.0. The Balaban J connectivity index is 1.83. The fraction of sp³-hybridized carbons (Fsp3) is 0.167. The van der Waals surface area contributed by atoms with Crippen LogP contribution in [0, 0.1) is 0 Å². The number of benzene rings is 2. The molecule has 0 fully saturated rings. The summed E-state index contributed by atoms with van der Waals surface area (Å²) in [6.45, 7) is 1.97. The topological polar surface area (TPSA) is 102 Å². The molecule has 0 saturated carbocycles. The fourth-order valence-electron chi connectivity index (χ4n) is 3.51. The van der Waals surface area contributed by atoms with E-state index in [1.54, 1.807) is 24.3 Å². The number of carbonyl (C=O) groups excluding carboxylic acids is 2. The zero-order valence-corrected chi connectivity index (χ0v) is 21.1. The Labute approximate surface area is 214 Å². The maximum absolute atomic E-state index is 13.4. The predicted molar refractivity (Wildman–Crippen MR) is 139 cm³/mol. The third-order valence-electron chi connectivity index (χ3n) is 4.98. The molecule has 0 atom stereocenters. The van der Waals surface area contributed by atoms with Gasteiger partial charge in [-0.1, -0.05) is 60.0 Å². The molecule has 0 unspecified atom stereocenters. The molecule has 0 spiro atoms. The van der Waals surface area contributed by atoms with Crippen molar-refractivity contribution in [3.05, 3.63) is 85.2 Å². The van der Waals surface area contributed by atoms with Gasteiger partial charge in [-0.3, -0.25) is 14.4 Å². The highest BCUT2D eigenvalue weighted by atomic mass is 35.5. The molecule has 2 amide bonds. The van der Waals surface area contributed by atoms with Crippen molar-refractivity contribution < 1.29 is 14.3 Å². The van der Waals surface area contributed by atoms with E-state index in [1.165, 1.54) is 31.4 Å². The number of para-hydroxylation sites is 2. The van der Waals surface area contributed by atoms with Gasteiger partial charge in [0.15, 0.2) is 4.96 Å². The Morgan fingerprint density at radius 3 is 2.46 bits per heavy atom. The van der Waals surface area contributed by atoms with Gasteiger partial charge >= 0.3 is 0 Å². The molecule has 0 saturated heterocycles. The largest absolute Gasteiger partial charge is 0.495 e. The summed E-state index contributed by atoms with van der Waals surface area (Å²) in [7, 11) is 1.48. The van der Waals surface area contributed by atoms with E-state index < -0.39 is 17.4 Å². The number of hydrogen-bond acceptors (Lipinski definition) is 6. The van der Waals surface area contributed by atoms with Crippen LogP contribution in [0.15, 0.2) is 53.3 Å². The Hall–Kier alpha value is -3.40. The molecular weight excluding hydrogens is 511 g/mol. The predicted octanol–water partition coefficient (Wildman–Crippen LogP) is 5.53. The summed E-state index contributed by atoms with van der Waals surface area (Å²) in [5.41, 5.74) is 0.722. The maximum atomic E-state index is 13.4. The fourth-order valence-corrected chi connectivity index (χ4v) is 5.08. The van der Waals surface area contributed by atoms with Crippen LogP contribution in [0.4, 0.5) is 11.4 Å². The number of amides is 2. The summed E-state index contributed by atoms with van der Waals surface area (Å²) in [6.07, 6.45) is 1.38. The standard InChI is InChI=1S/C24H20Cl2N4O4S/c1-3-6-15-12-19(31)30-20(22(32)29-17-7-4-5-8-18(17)34-2)21(35-24(30)28-15)23(33)27-16-10-13(25)9-14(26)11-16/h4-5,7-12H,3,6H2,1-2H3,(H,27,33)(H,29,32). The van der Waals surface area contributed by atoms with Crippen LogP contribution in [0.3, 0.4) is 0 Å². The van der Waals surface area contributed by atoms with Gasteiger partial charge in [0.25, 0.3) is 17.4 Å². The highest BCUT2D eigenvalue weighted by Gasteiger charge is 2.27. The summed E-state index contributed by atoms with van der Waals surface area (Å²) in [5, 5.41) is 6.10. The molecule has 0 aliphatic heterocycles. The molecule has 2 N–H and O–H groups in total. The van der Waals surface area contributed by atoms with Crippen LogP contribution in [0.5, 0.6) is 5.75 Å². The Morgan fingerprint density at radius 2 is 1.77 bits per heavy atom. The van der Waals surface area contributed by atoms with Crippen LogP contribution in [0.1, 0.15) is 39.2 Å². The van der Waals surface area contributed by atoms with E-state index in [0.29, 0.717) is 39.3 Å². The highest BCUT2D eigenvalue weighted by Crippen LogP contribution is 2.28. The van der Waals surface area contributed by atoms with Gasteiger partial charge in [0.05, 0.1) is 12.8 Å².